The molecule has 234 valence electrons. The average Bonchev–Trinajstić information content (AvgIpc) is 2.84. The van der Waals surface area contributed by atoms with E-state index in [0.29, 0.717) is 24.8 Å². The zero-order valence-corrected chi connectivity index (χ0v) is 22.7. The maximum Gasteiger partial charge on any atom is 0.444 e. The van der Waals surface area contributed by atoms with E-state index in [0.717, 1.165) is 44.2 Å². The van der Waals surface area contributed by atoms with Crippen molar-refractivity contribution in [1.82, 2.24) is 9.97 Å². The summed E-state index contributed by atoms with van der Waals surface area (Å²) in [5.41, 5.74) is -2.78. The Hall–Kier alpha value is -3.30. The van der Waals surface area contributed by atoms with Crippen molar-refractivity contribution in [1.29, 1.82) is 0 Å². The summed E-state index contributed by atoms with van der Waals surface area (Å²) in [4.78, 5) is 5.62. The second kappa shape index (κ2) is 11.4. The number of halogens is 11. The minimum absolute atomic E-state index is 0.0127. The van der Waals surface area contributed by atoms with Gasteiger partial charge in [-0.2, -0.15) is 17.6 Å². The maximum atomic E-state index is 14.7. The Labute approximate surface area is 233 Å². The van der Waals surface area contributed by atoms with Gasteiger partial charge in [0.05, 0.1) is 12.4 Å². The molecule has 0 saturated heterocycles. The molecule has 0 aliphatic rings. The van der Waals surface area contributed by atoms with Gasteiger partial charge in [-0.3, -0.25) is 0 Å². The third kappa shape index (κ3) is 8.85. The SMILES string of the molecule is CCCCCCCCc1cc(F)c(C(F)(F)Oc2ccc(C(F)(F)Oc3ccc(S(F)(F)(F)(F)F)nc3)nc2)c(F)c1. The highest BCUT2D eigenvalue weighted by atomic mass is 32.5. The highest BCUT2D eigenvalue weighted by molar-refractivity contribution is 8.45. The Morgan fingerprint density at radius 1 is 0.690 bits per heavy atom. The minimum Gasteiger partial charge on any atom is -0.427 e. The summed E-state index contributed by atoms with van der Waals surface area (Å²) in [6.45, 7) is 2.05. The van der Waals surface area contributed by atoms with Crippen molar-refractivity contribution in [2.75, 3.05) is 0 Å². The van der Waals surface area contributed by atoms with Crippen LogP contribution in [0.4, 0.5) is 45.8 Å². The van der Waals surface area contributed by atoms with Gasteiger partial charge >= 0.3 is 22.4 Å². The van der Waals surface area contributed by atoms with Gasteiger partial charge in [-0.1, -0.05) is 58.5 Å². The lowest BCUT2D eigenvalue weighted by Gasteiger charge is -2.39. The van der Waals surface area contributed by atoms with Gasteiger partial charge in [0.15, 0.2) is 10.7 Å². The molecule has 3 rings (SSSR count). The highest BCUT2D eigenvalue weighted by Crippen LogP contribution is 3.01. The number of aromatic nitrogens is 2. The standard InChI is InChI=1S/C26H25F11N2O2S/c1-2-3-4-5-6-7-8-17-13-20(27)24(21(28)14-17)26(31,32)41-18-9-11-22(38-15-18)25(29,30)40-19-10-12-23(39-16-19)42(33,34,35,36)37/h9-16H,2-8H2,1H3. The zero-order chi connectivity index (χ0) is 31.5. The van der Waals surface area contributed by atoms with Gasteiger partial charge in [0.2, 0.25) is 0 Å². The Morgan fingerprint density at radius 3 is 1.71 bits per heavy atom. The highest BCUT2D eigenvalue weighted by Gasteiger charge is 2.67. The van der Waals surface area contributed by atoms with Crippen LogP contribution in [0.2, 0.25) is 0 Å². The maximum absolute atomic E-state index is 14.7. The summed E-state index contributed by atoms with van der Waals surface area (Å²) >= 11 is 0. The number of unbranched alkanes of at least 4 members (excludes halogenated alkanes) is 5. The van der Waals surface area contributed by atoms with Crippen LogP contribution in [0.1, 0.15) is 62.3 Å². The fourth-order valence-corrected chi connectivity index (χ4v) is 4.40. The van der Waals surface area contributed by atoms with Crippen LogP contribution >= 0.6 is 10.2 Å². The monoisotopic (exact) mass is 638 g/mol. The molecule has 0 bridgehead atoms. The fraction of sp³-hybridized carbons (Fsp3) is 0.385. The minimum atomic E-state index is -10.2. The zero-order valence-electron chi connectivity index (χ0n) is 21.8. The summed E-state index contributed by atoms with van der Waals surface area (Å²) < 4.78 is 159. The van der Waals surface area contributed by atoms with Crippen molar-refractivity contribution in [2.24, 2.45) is 0 Å². The molecule has 2 aromatic heterocycles. The van der Waals surface area contributed by atoms with Crippen LogP contribution in [-0.2, 0) is 18.6 Å². The molecule has 0 saturated carbocycles. The van der Waals surface area contributed by atoms with Crippen molar-refractivity contribution in [3.8, 4) is 11.5 Å². The summed E-state index contributed by atoms with van der Waals surface area (Å²) in [5.74, 6) is -5.08. The third-order valence-electron chi connectivity index (χ3n) is 5.84. The van der Waals surface area contributed by atoms with E-state index in [1.54, 1.807) is 0 Å². The molecule has 4 nitrogen and oxygen atoms in total. The summed E-state index contributed by atoms with van der Waals surface area (Å²) in [7, 11) is -10.2. The Kier molecular flexibility index (Phi) is 9.02. The van der Waals surface area contributed by atoms with Crippen molar-refractivity contribution in [3.63, 3.8) is 0 Å². The number of alkyl halides is 4. The Balaban J connectivity index is 1.68. The van der Waals surface area contributed by atoms with E-state index in [4.69, 9.17) is 0 Å². The molecule has 0 spiro atoms. The van der Waals surface area contributed by atoms with Gasteiger partial charge < -0.3 is 9.47 Å². The molecule has 0 N–H and O–H groups in total. The topological polar surface area (TPSA) is 44.2 Å². The first-order valence-electron chi connectivity index (χ1n) is 12.5. The van der Waals surface area contributed by atoms with E-state index in [2.05, 4.69) is 26.4 Å². The van der Waals surface area contributed by atoms with E-state index < -0.39 is 61.9 Å². The first-order chi connectivity index (χ1) is 19.2. The van der Waals surface area contributed by atoms with Crippen LogP contribution in [-0.4, -0.2) is 9.97 Å². The Bertz CT molecular complexity index is 1350. The molecule has 16 heteroatoms. The number of benzene rings is 1. The average molecular weight is 639 g/mol. The predicted molar refractivity (Wildman–Crippen MR) is 132 cm³/mol. The van der Waals surface area contributed by atoms with Gasteiger partial charge in [0, 0.05) is 0 Å². The van der Waals surface area contributed by atoms with E-state index in [1.807, 2.05) is 0 Å². The molecule has 2 heterocycles. The molecule has 42 heavy (non-hydrogen) atoms. The lowest BCUT2D eigenvalue weighted by Crippen LogP contribution is -2.26. The number of ether oxygens (including phenoxy) is 2. The molecule has 0 atom stereocenters. The molecular weight excluding hydrogens is 613 g/mol. The van der Waals surface area contributed by atoms with E-state index in [-0.39, 0.29) is 30.3 Å². The van der Waals surface area contributed by atoms with Gasteiger partial charge in [0.25, 0.3) is 0 Å². The second-order valence-corrected chi connectivity index (χ2v) is 11.7. The lowest BCUT2D eigenvalue weighted by atomic mass is 10.0. The van der Waals surface area contributed by atoms with Crippen LogP contribution < -0.4 is 9.47 Å². The second-order valence-electron chi connectivity index (χ2n) is 9.37. The smallest absolute Gasteiger partial charge is 0.427 e. The largest absolute Gasteiger partial charge is 0.444 e. The van der Waals surface area contributed by atoms with Crippen LogP contribution in [0, 0.1) is 11.6 Å². The van der Waals surface area contributed by atoms with E-state index in [9.17, 15) is 45.8 Å². The van der Waals surface area contributed by atoms with Crippen molar-refractivity contribution < 1.29 is 55.2 Å². The number of rotatable bonds is 14. The predicted octanol–water partition coefficient (Wildman–Crippen LogP) is 10.6. The first kappa shape index (κ1) is 33.2. The molecule has 0 aliphatic heterocycles. The lowest BCUT2D eigenvalue weighted by molar-refractivity contribution is -0.191. The van der Waals surface area contributed by atoms with Crippen LogP contribution in [0.25, 0.3) is 0 Å². The van der Waals surface area contributed by atoms with E-state index in [1.165, 1.54) is 0 Å². The molecule has 0 unspecified atom stereocenters. The molecule has 0 radical (unpaired) electrons. The van der Waals surface area contributed by atoms with Crippen LogP contribution in [0.5, 0.6) is 11.5 Å². The third-order valence-corrected chi connectivity index (χ3v) is 6.87. The molecule has 0 amide bonds. The quantitative estimate of drug-likeness (QED) is 0.130. The number of nitrogens with zero attached hydrogens (tertiary/aromatic N) is 2. The van der Waals surface area contributed by atoms with Gasteiger partial charge in [-0.25, -0.2) is 18.7 Å². The summed E-state index contributed by atoms with van der Waals surface area (Å²) in [5, 5.41) is -2.58. The first-order valence-corrected chi connectivity index (χ1v) is 14.5. The molecule has 0 fully saturated rings. The van der Waals surface area contributed by atoms with Gasteiger partial charge in [-0.15, -0.1) is 0 Å². The van der Waals surface area contributed by atoms with E-state index >= 15 is 0 Å². The number of aryl methyl sites for hydroxylation is 1. The van der Waals surface area contributed by atoms with Gasteiger partial charge in [-0.05, 0) is 54.8 Å². The van der Waals surface area contributed by atoms with Crippen LogP contribution in [0.3, 0.4) is 0 Å². The summed E-state index contributed by atoms with van der Waals surface area (Å²) in [6, 6.07) is 2.43. The fourth-order valence-electron chi connectivity index (χ4n) is 3.82. The Morgan fingerprint density at radius 2 is 1.21 bits per heavy atom. The molecule has 1 aromatic carbocycles. The van der Waals surface area contributed by atoms with Gasteiger partial charge in [0.1, 0.15) is 28.7 Å². The van der Waals surface area contributed by atoms with Crippen LogP contribution in [0.15, 0.2) is 53.8 Å². The summed E-state index contributed by atoms with van der Waals surface area (Å²) in [6.07, 6.45) is -2.89. The molecule has 0 aliphatic carbocycles. The molecular formula is C26H25F11N2O2S. The van der Waals surface area contributed by atoms with Crippen molar-refractivity contribution >= 4 is 10.2 Å². The number of pyridine rings is 2. The molecule has 3 aromatic rings. The number of hydrogen-bond donors (Lipinski definition) is 0. The number of hydrogen-bond acceptors (Lipinski definition) is 4. The normalized spacial score (nSPS) is 14.3. The van der Waals surface area contributed by atoms with Crippen molar-refractivity contribution in [3.05, 3.63) is 77.2 Å². The van der Waals surface area contributed by atoms with Crippen molar-refractivity contribution in [2.45, 2.75) is 69.1 Å².